The number of hydrogen-bond donors (Lipinski definition) is 5. The number of hydrogen-bond acceptors (Lipinski definition) is 13. The van der Waals surface area contributed by atoms with Gasteiger partial charge in [0.2, 0.25) is 23.6 Å². The number of rotatable bonds is 24. The van der Waals surface area contributed by atoms with E-state index in [1.165, 1.54) is 163 Å². The minimum atomic E-state index is -0.332. The van der Waals surface area contributed by atoms with Gasteiger partial charge >= 0.3 is 0 Å². The number of aromatic hydroxyl groups is 1. The quantitative estimate of drug-likeness (QED) is 0.0354. The molecule has 0 atom stereocenters. The first-order chi connectivity index (χ1) is 60.3. The van der Waals surface area contributed by atoms with Gasteiger partial charge < -0.3 is 26.4 Å². The van der Waals surface area contributed by atoms with E-state index in [0.717, 1.165) is 123 Å². The largest absolute Gasteiger partial charge is 0.508 e. The number of nitrogens with one attached hydrogen (secondary N) is 4. The summed E-state index contributed by atoms with van der Waals surface area (Å²) in [6, 6.07) is 52.2. The lowest BCUT2D eigenvalue weighted by atomic mass is 9.86. The van der Waals surface area contributed by atoms with Gasteiger partial charge in [-0.15, -0.1) is 0 Å². The summed E-state index contributed by atoms with van der Waals surface area (Å²) in [4.78, 5) is 87.9. The molecule has 640 valence electrons. The lowest BCUT2D eigenvalue weighted by Gasteiger charge is -2.22. The summed E-state index contributed by atoms with van der Waals surface area (Å²) in [5.41, 5.74) is 12.3. The molecule has 0 radical (unpaired) electrons. The summed E-state index contributed by atoms with van der Waals surface area (Å²) in [7, 11) is 0. The zero-order valence-electron chi connectivity index (χ0n) is 69.2. The van der Waals surface area contributed by atoms with E-state index in [-0.39, 0.29) is 84.1 Å². The van der Waals surface area contributed by atoms with Crippen LogP contribution in [0.15, 0.2) is 223 Å². The Kier molecular flexibility index (Phi) is 33.0. The third kappa shape index (κ3) is 28.1. The molecule has 24 heteroatoms. The number of nitrogens with zero attached hydrogens (tertiary/aromatic N) is 8. The van der Waals surface area contributed by atoms with Crippen molar-refractivity contribution < 1.29 is 46.2 Å². The molecule has 0 saturated heterocycles. The van der Waals surface area contributed by atoms with Crippen molar-refractivity contribution in [3.63, 3.8) is 0 Å². The fraction of sp³-hybridized carbons (Fsp3) is 0.320. The third-order valence-corrected chi connectivity index (χ3v) is 23.7. The Labute approximate surface area is 734 Å². The van der Waals surface area contributed by atoms with Crippen molar-refractivity contribution in [2.75, 3.05) is 21.3 Å². The summed E-state index contributed by atoms with van der Waals surface area (Å²) >= 11 is 9.34. The van der Waals surface area contributed by atoms with Crippen molar-refractivity contribution in [1.82, 2.24) is 39.9 Å². The predicted octanol–water partition coefficient (Wildman–Crippen LogP) is 23.6. The number of anilines is 4. The Balaban J connectivity index is 0.000000142. The van der Waals surface area contributed by atoms with E-state index in [1.807, 2.05) is 36.4 Å². The molecule has 4 heterocycles. The fourth-order valence-electron chi connectivity index (χ4n) is 16.3. The van der Waals surface area contributed by atoms with Crippen molar-refractivity contribution in [3.05, 3.63) is 303 Å². The van der Waals surface area contributed by atoms with Gasteiger partial charge in [-0.25, -0.2) is 61.8 Å². The zero-order chi connectivity index (χ0) is 86.5. The van der Waals surface area contributed by atoms with Crippen LogP contribution in [0.3, 0.4) is 0 Å². The van der Waals surface area contributed by atoms with Crippen LogP contribution < -0.4 is 21.3 Å². The Bertz CT molecular complexity index is 4810. The molecule has 0 spiro atoms. The van der Waals surface area contributed by atoms with Crippen LogP contribution >= 0.6 is 27.5 Å². The van der Waals surface area contributed by atoms with E-state index in [4.69, 9.17) is 31.5 Å². The molecule has 17 nitrogen and oxygen atoms in total. The van der Waals surface area contributed by atoms with E-state index in [0.29, 0.717) is 74.7 Å². The lowest BCUT2D eigenvalue weighted by Crippen LogP contribution is -2.19. The van der Waals surface area contributed by atoms with Gasteiger partial charge in [-0.1, -0.05) is 204 Å². The standard InChI is InChI=1S/C25H25BrFN3O.C25H25ClFN3O.C25H25F2N3O.C25H26FN3O2/c3*26-20-10-6-18(7-11-20)15-24(31)30-25-22(14-17-4-2-1-3-5-17)29-23(16-28-25)19-8-12-21(27)13-9-19;26-20-10-8-19(9-11-20)23-16-27-25(22(28-23)14-17-4-2-1-3-5-17)29-24(31)15-18-6-12-21(30)13-7-18/h3*6-13,16-17H,1-5,14-15H2,(H,28,30,31);6-13,16-17,30H,1-5,14-15H2,(H,27,29,31). The molecule has 0 bridgehead atoms. The minimum Gasteiger partial charge on any atom is -0.508 e. The Morgan fingerprint density at radius 3 is 0.758 bits per heavy atom. The number of phenolic OH excluding ortho intramolecular Hbond substituents is 1. The average molecular weight is 1760 g/mol. The summed E-state index contributed by atoms with van der Waals surface area (Å²) < 4.78 is 67.3. The maximum absolute atomic E-state index is 13.3. The van der Waals surface area contributed by atoms with Crippen LogP contribution in [-0.2, 0) is 70.5 Å². The van der Waals surface area contributed by atoms with Crippen LogP contribution in [0.25, 0.3) is 45.0 Å². The van der Waals surface area contributed by atoms with Crippen LogP contribution in [0.2, 0.25) is 5.02 Å². The molecule has 4 aromatic heterocycles. The fourth-order valence-corrected chi connectivity index (χ4v) is 16.7. The number of benzene rings is 8. The molecule has 5 N–H and O–H groups in total. The molecule has 124 heavy (non-hydrogen) atoms. The highest BCUT2D eigenvalue weighted by Crippen LogP contribution is 2.36. The summed E-state index contributed by atoms with van der Waals surface area (Å²) in [6.45, 7) is 0. The van der Waals surface area contributed by atoms with Crippen molar-refractivity contribution in [2.45, 2.75) is 180 Å². The van der Waals surface area contributed by atoms with Gasteiger partial charge in [0.1, 0.15) is 34.8 Å². The number of aromatic nitrogens is 8. The summed E-state index contributed by atoms with van der Waals surface area (Å²) in [5.74, 6) is 2.12. The molecular formula is C100H101BrClF5N12O5. The molecular weight excluding hydrogens is 1660 g/mol. The monoisotopic (exact) mass is 1760 g/mol. The molecule has 16 rings (SSSR count). The van der Waals surface area contributed by atoms with Crippen LogP contribution in [-0.4, -0.2) is 68.6 Å². The number of carbonyl (C=O) groups is 4. The molecule has 12 aromatic rings. The van der Waals surface area contributed by atoms with Gasteiger partial charge in [-0.2, -0.15) is 0 Å². The van der Waals surface area contributed by atoms with Gasteiger partial charge in [0.25, 0.3) is 0 Å². The van der Waals surface area contributed by atoms with Crippen molar-refractivity contribution in [3.8, 4) is 50.8 Å². The first-order valence-corrected chi connectivity index (χ1v) is 44.1. The van der Waals surface area contributed by atoms with Crippen molar-refractivity contribution in [2.24, 2.45) is 23.7 Å². The lowest BCUT2D eigenvalue weighted by molar-refractivity contribution is -0.116. The van der Waals surface area contributed by atoms with Crippen LogP contribution in [0, 0.1) is 52.8 Å². The number of carbonyl (C=O) groups excluding carboxylic acids is 4. The van der Waals surface area contributed by atoms with Gasteiger partial charge in [-0.05, 0) is 217 Å². The van der Waals surface area contributed by atoms with Gasteiger partial charge in [0.15, 0.2) is 23.3 Å². The van der Waals surface area contributed by atoms with E-state index in [9.17, 15) is 46.2 Å². The van der Waals surface area contributed by atoms with E-state index in [2.05, 4.69) is 57.1 Å². The van der Waals surface area contributed by atoms with E-state index >= 15 is 0 Å². The van der Waals surface area contributed by atoms with Crippen LogP contribution in [0.4, 0.5) is 45.2 Å². The summed E-state index contributed by atoms with van der Waals surface area (Å²) in [5, 5.41) is 21.8. The maximum atomic E-state index is 13.3. The predicted molar refractivity (Wildman–Crippen MR) is 480 cm³/mol. The molecule has 4 aliphatic rings. The Morgan fingerprint density at radius 2 is 0.516 bits per heavy atom. The molecule has 4 aliphatic carbocycles. The first kappa shape index (κ1) is 89.9. The second-order valence-electron chi connectivity index (χ2n) is 32.5. The van der Waals surface area contributed by atoms with Gasteiger partial charge in [0.05, 0.1) is 96.0 Å². The van der Waals surface area contributed by atoms with Crippen LogP contribution in [0.1, 0.15) is 173 Å². The third-order valence-electron chi connectivity index (χ3n) is 22.9. The molecule has 4 saturated carbocycles. The molecule has 4 amide bonds. The molecule has 0 unspecified atom stereocenters. The Morgan fingerprint density at radius 1 is 0.306 bits per heavy atom. The number of amides is 4. The summed E-state index contributed by atoms with van der Waals surface area (Å²) in [6.07, 6.45) is 34.6. The maximum Gasteiger partial charge on any atom is 0.229 e. The topological polar surface area (TPSA) is 240 Å². The molecule has 4 fully saturated rings. The first-order valence-electron chi connectivity index (χ1n) is 42.9. The highest BCUT2D eigenvalue weighted by molar-refractivity contribution is 9.10. The highest BCUT2D eigenvalue weighted by Gasteiger charge is 2.26. The van der Waals surface area contributed by atoms with Crippen molar-refractivity contribution >= 4 is 74.4 Å². The van der Waals surface area contributed by atoms with Crippen LogP contribution in [0.5, 0.6) is 5.75 Å². The van der Waals surface area contributed by atoms with Gasteiger partial charge in [0, 0.05) is 31.7 Å². The minimum absolute atomic E-state index is 0.115. The highest BCUT2D eigenvalue weighted by atomic mass is 79.9. The second kappa shape index (κ2) is 45.5. The van der Waals surface area contributed by atoms with Gasteiger partial charge in [-0.3, -0.25) is 19.2 Å². The SMILES string of the molecule is O=C(Cc1ccc(Br)cc1)Nc1ncc(-c2ccc(F)cc2)nc1CC1CCCCC1.O=C(Cc1ccc(Cl)cc1)Nc1ncc(-c2ccc(F)cc2)nc1CC1CCCCC1.O=C(Cc1ccc(F)cc1)Nc1ncc(-c2ccc(F)cc2)nc1CC1CCCCC1.O=C(Cc1ccc(O)cc1)Nc1ncc(-c2ccc(F)cc2)nc1CC1CCCCC1. The van der Waals surface area contributed by atoms with Crippen molar-refractivity contribution in [1.29, 1.82) is 0 Å². The number of halogens is 7. The smallest absolute Gasteiger partial charge is 0.229 e. The Hall–Kier alpha value is -11.8. The molecule has 0 aliphatic heterocycles. The normalized spacial score (nSPS) is 14.4. The zero-order valence-corrected chi connectivity index (χ0v) is 71.5. The average Bonchev–Trinajstić information content (AvgIpc) is 0.831. The van der Waals surface area contributed by atoms with E-state index < -0.39 is 0 Å². The number of phenols is 1. The second-order valence-corrected chi connectivity index (χ2v) is 33.9. The molecule has 8 aromatic carbocycles. The van der Waals surface area contributed by atoms with E-state index in [1.54, 1.807) is 122 Å².